The second kappa shape index (κ2) is 10.7. The summed E-state index contributed by atoms with van der Waals surface area (Å²) in [4.78, 5) is 33.0. The Kier molecular flexibility index (Phi) is 6.97. The number of nitrogens with one attached hydrogen (secondary N) is 1. The van der Waals surface area contributed by atoms with Gasteiger partial charge >= 0.3 is 12.2 Å². The number of likely N-dealkylation sites (tertiary alicyclic amines) is 2. The van der Waals surface area contributed by atoms with Crippen molar-refractivity contribution in [1.29, 1.82) is 0 Å². The molecule has 1 atom stereocenters. The molecule has 1 saturated carbocycles. The van der Waals surface area contributed by atoms with Crippen molar-refractivity contribution in [3.63, 3.8) is 0 Å². The van der Waals surface area contributed by atoms with Crippen LogP contribution >= 0.6 is 11.6 Å². The summed E-state index contributed by atoms with van der Waals surface area (Å²) in [5.74, 6) is 1.35. The summed E-state index contributed by atoms with van der Waals surface area (Å²) in [6.45, 7) is 2.25. The number of hydrogen-bond donors (Lipinski definition) is 1. The summed E-state index contributed by atoms with van der Waals surface area (Å²) in [6, 6.07) is 11.5. The maximum Gasteiger partial charge on any atom is 0.410 e. The largest absolute Gasteiger partial charge is 0.445 e. The van der Waals surface area contributed by atoms with Gasteiger partial charge in [-0.05, 0) is 37.2 Å². The lowest BCUT2D eigenvalue weighted by atomic mass is 10.1. The molecule has 2 amide bonds. The number of halogens is 1. The maximum atomic E-state index is 12.8. The number of carbonyl (C=O) groups is 2. The SMILES string of the molecule is O=C(OCc1ccccc1)N1CCC(OC(=O)N2CCC(Nc3cc(Cl)nc4c(C5CC5)cnn34)CC2)C1. The predicted molar refractivity (Wildman–Crippen MR) is 141 cm³/mol. The molecule has 1 unspecified atom stereocenters. The number of ether oxygens (including phenoxy) is 2. The van der Waals surface area contributed by atoms with Gasteiger partial charge in [0, 0.05) is 43.7 Å². The Hall–Kier alpha value is -3.53. The van der Waals surface area contributed by atoms with Crippen LogP contribution in [0.5, 0.6) is 0 Å². The van der Waals surface area contributed by atoms with Crippen molar-refractivity contribution in [2.45, 2.75) is 56.8 Å². The molecule has 3 aromatic rings. The summed E-state index contributed by atoms with van der Waals surface area (Å²) < 4.78 is 13.0. The monoisotopic (exact) mass is 538 g/mol. The number of piperidine rings is 1. The molecule has 2 aromatic heterocycles. The topological polar surface area (TPSA) is 101 Å². The second-order valence-electron chi connectivity index (χ2n) is 10.3. The molecule has 2 aliphatic heterocycles. The number of anilines is 1. The standard InChI is InChI=1S/C27H31ClN6O4/c28-23-14-24(34-25(31-23)22(15-29-34)19-6-7-19)30-20-8-11-32(12-9-20)27(36)38-21-10-13-33(16-21)26(35)37-17-18-4-2-1-3-5-18/h1-5,14-15,19-21,30H,6-13,16-17H2. The fourth-order valence-corrected chi connectivity index (χ4v) is 5.35. The minimum absolute atomic E-state index is 0.177. The van der Waals surface area contributed by atoms with Gasteiger partial charge in [0.05, 0.1) is 12.7 Å². The van der Waals surface area contributed by atoms with E-state index in [0.29, 0.717) is 43.7 Å². The summed E-state index contributed by atoms with van der Waals surface area (Å²) in [5.41, 5.74) is 2.91. The number of benzene rings is 1. The first-order chi connectivity index (χ1) is 18.5. The van der Waals surface area contributed by atoms with E-state index in [4.69, 9.17) is 21.1 Å². The van der Waals surface area contributed by atoms with Crippen LogP contribution in [-0.2, 0) is 16.1 Å². The number of nitrogens with zero attached hydrogens (tertiary/aromatic N) is 5. The third-order valence-electron chi connectivity index (χ3n) is 7.47. The van der Waals surface area contributed by atoms with Gasteiger partial charge in [0.25, 0.3) is 0 Å². The molecule has 2 saturated heterocycles. The molecule has 1 aromatic carbocycles. The van der Waals surface area contributed by atoms with Gasteiger partial charge in [0.2, 0.25) is 0 Å². The van der Waals surface area contributed by atoms with E-state index in [0.717, 1.165) is 35.4 Å². The van der Waals surface area contributed by atoms with Crippen molar-refractivity contribution in [1.82, 2.24) is 24.4 Å². The number of amides is 2. The van der Waals surface area contributed by atoms with Crippen molar-refractivity contribution in [3.05, 3.63) is 58.9 Å². The molecule has 6 rings (SSSR count). The molecule has 38 heavy (non-hydrogen) atoms. The van der Waals surface area contributed by atoms with Crippen LogP contribution in [0.15, 0.2) is 42.6 Å². The Balaban J connectivity index is 0.966. The molecule has 0 bridgehead atoms. The lowest BCUT2D eigenvalue weighted by Crippen LogP contribution is -2.44. The van der Waals surface area contributed by atoms with Gasteiger partial charge < -0.3 is 24.6 Å². The lowest BCUT2D eigenvalue weighted by molar-refractivity contribution is 0.0562. The third kappa shape index (κ3) is 5.50. The van der Waals surface area contributed by atoms with E-state index in [1.54, 1.807) is 15.9 Å². The highest BCUT2D eigenvalue weighted by molar-refractivity contribution is 6.29. The lowest BCUT2D eigenvalue weighted by Gasteiger charge is -2.32. The molecule has 4 heterocycles. The molecule has 1 aliphatic carbocycles. The molecule has 1 N–H and O–H groups in total. The Morgan fingerprint density at radius 3 is 2.53 bits per heavy atom. The van der Waals surface area contributed by atoms with E-state index < -0.39 is 0 Å². The number of aromatic nitrogens is 3. The molecule has 10 nitrogen and oxygen atoms in total. The van der Waals surface area contributed by atoms with E-state index in [-0.39, 0.29) is 30.9 Å². The fourth-order valence-electron chi connectivity index (χ4n) is 5.17. The Morgan fingerprint density at radius 1 is 1.00 bits per heavy atom. The summed E-state index contributed by atoms with van der Waals surface area (Å²) in [6.07, 6.45) is 5.35. The highest BCUT2D eigenvalue weighted by Gasteiger charge is 2.33. The molecule has 11 heteroatoms. The van der Waals surface area contributed by atoms with Gasteiger partial charge in [-0.15, -0.1) is 0 Å². The summed E-state index contributed by atoms with van der Waals surface area (Å²) in [5, 5.41) is 8.54. The Morgan fingerprint density at radius 2 is 1.76 bits per heavy atom. The van der Waals surface area contributed by atoms with Crippen LogP contribution in [0.25, 0.3) is 5.65 Å². The first kappa shape index (κ1) is 24.8. The van der Waals surface area contributed by atoms with Gasteiger partial charge in [-0.2, -0.15) is 9.61 Å². The highest BCUT2D eigenvalue weighted by Crippen LogP contribution is 2.42. The van der Waals surface area contributed by atoms with Gasteiger partial charge in [-0.1, -0.05) is 41.9 Å². The van der Waals surface area contributed by atoms with Crippen molar-refractivity contribution >= 4 is 35.3 Å². The van der Waals surface area contributed by atoms with E-state index in [1.165, 1.54) is 12.8 Å². The molecule has 200 valence electrons. The molecule has 3 fully saturated rings. The first-order valence-electron chi connectivity index (χ1n) is 13.3. The molecule has 3 aliphatic rings. The van der Waals surface area contributed by atoms with Gasteiger partial charge in [-0.3, -0.25) is 0 Å². The van der Waals surface area contributed by atoms with Crippen LogP contribution < -0.4 is 5.32 Å². The number of fused-ring (bicyclic) bond motifs is 1. The Bertz CT molecular complexity index is 1310. The zero-order chi connectivity index (χ0) is 26.1. The average Bonchev–Trinajstić information content (AvgIpc) is 3.51. The molecule has 0 radical (unpaired) electrons. The van der Waals surface area contributed by atoms with E-state index in [2.05, 4.69) is 15.4 Å². The highest BCUT2D eigenvalue weighted by atomic mass is 35.5. The average molecular weight is 539 g/mol. The van der Waals surface area contributed by atoms with E-state index in [1.807, 2.05) is 41.0 Å². The number of rotatable bonds is 6. The summed E-state index contributed by atoms with van der Waals surface area (Å²) in [7, 11) is 0. The second-order valence-corrected chi connectivity index (χ2v) is 10.6. The fraction of sp³-hybridized carbons (Fsp3) is 0.481. The van der Waals surface area contributed by atoms with Crippen LogP contribution in [0.2, 0.25) is 5.15 Å². The van der Waals surface area contributed by atoms with Crippen molar-refractivity contribution in [3.8, 4) is 0 Å². The Labute approximate surface area is 225 Å². The third-order valence-corrected chi connectivity index (χ3v) is 7.66. The van der Waals surface area contributed by atoms with Crippen molar-refractivity contribution < 1.29 is 19.1 Å². The van der Waals surface area contributed by atoms with E-state index >= 15 is 0 Å². The number of hydrogen-bond acceptors (Lipinski definition) is 7. The van der Waals surface area contributed by atoms with Crippen LogP contribution in [0.3, 0.4) is 0 Å². The quantitative estimate of drug-likeness (QED) is 0.454. The zero-order valence-electron chi connectivity index (χ0n) is 21.1. The van der Waals surface area contributed by atoms with Crippen LogP contribution in [0.4, 0.5) is 15.4 Å². The van der Waals surface area contributed by atoms with Crippen LogP contribution in [-0.4, -0.2) is 74.9 Å². The predicted octanol–water partition coefficient (Wildman–Crippen LogP) is 4.68. The first-order valence-corrected chi connectivity index (χ1v) is 13.6. The zero-order valence-corrected chi connectivity index (χ0v) is 21.8. The van der Waals surface area contributed by atoms with E-state index in [9.17, 15) is 9.59 Å². The molecule has 0 spiro atoms. The van der Waals surface area contributed by atoms with Crippen molar-refractivity contribution in [2.75, 3.05) is 31.5 Å². The van der Waals surface area contributed by atoms with Crippen molar-refractivity contribution in [2.24, 2.45) is 0 Å². The molecular formula is C27H31ClN6O4. The maximum absolute atomic E-state index is 12.8. The minimum atomic E-state index is -0.383. The van der Waals surface area contributed by atoms with Crippen LogP contribution in [0.1, 0.15) is 49.1 Å². The van der Waals surface area contributed by atoms with Crippen LogP contribution in [0, 0.1) is 0 Å². The van der Waals surface area contributed by atoms with Gasteiger partial charge in [0.1, 0.15) is 23.7 Å². The van der Waals surface area contributed by atoms with Gasteiger partial charge in [-0.25, -0.2) is 14.6 Å². The normalized spacial score (nSPS) is 20.1. The molecular weight excluding hydrogens is 508 g/mol. The summed E-state index contributed by atoms with van der Waals surface area (Å²) >= 11 is 6.32. The minimum Gasteiger partial charge on any atom is -0.445 e. The van der Waals surface area contributed by atoms with Gasteiger partial charge in [0.15, 0.2) is 5.65 Å². The smallest absolute Gasteiger partial charge is 0.410 e. The number of carbonyl (C=O) groups excluding carboxylic acids is 2.